The Labute approximate surface area is 51.6 Å². The Morgan fingerprint density at radius 3 is 2.50 bits per heavy atom. The molecule has 1 aliphatic heterocycles. The lowest BCUT2D eigenvalue weighted by Crippen LogP contribution is -2.26. The molecule has 0 aliphatic carbocycles. The molecule has 0 aromatic rings. The average molecular weight is 133 g/mol. The van der Waals surface area contributed by atoms with Gasteiger partial charge in [0, 0.05) is 22.3 Å². The van der Waals surface area contributed by atoms with Gasteiger partial charge in [0.05, 0.1) is 0 Å². The van der Waals surface area contributed by atoms with Crippen molar-refractivity contribution in [3.05, 3.63) is 10.1 Å². The van der Waals surface area contributed by atoms with Crippen LogP contribution in [0.2, 0.25) is 0 Å². The van der Waals surface area contributed by atoms with Gasteiger partial charge in [-0.1, -0.05) is 0 Å². The molecule has 0 aromatic heterocycles. The van der Waals surface area contributed by atoms with Crippen molar-refractivity contribution in [3.8, 4) is 0 Å². The number of nitrogens with zero attached hydrogens (tertiary/aromatic N) is 1. The lowest BCUT2D eigenvalue weighted by molar-refractivity contribution is -0.486. The smallest absolute Gasteiger partial charge is 0.208 e. The molecule has 46 valence electrons. The van der Waals surface area contributed by atoms with E-state index < -0.39 is 0 Å². The summed E-state index contributed by atoms with van der Waals surface area (Å²) in [6.07, 6.45) is 0. The fraction of sp³-hybridized carbons (Fsp3) is 1.00. The van der Waals surface area contributed by atoms with E-state index in [-0.39, 0.29) is 11.5 Å². The van der Waals surface area contributed by atoms with Crippen molar-refractivity contribution in [2.75, 3.05) is 18.1 Å². The zero-order valence-corrected chi connectivity index (χ0v) is 5.19. The third-order valence-corrected chi connectivity index (χ3v) is 2.53. The minimum Gasteiger partial charge on any atom is -0.265 e. The van der Waals surface area contributed by atoms with E-state index in [9.17, 15) is 10.1 Å². The summed E-state index contributed by atoms with van der Waals surface area (Å²) in [4.78, 5) is 9.57. The second kappa shape index (κ2) is 2.35. The first-order chi connectivity index (χ1) is 3.79. The predicted molar refractivity (Wildman–Crippen MR) is 32.7 cm³/mol. The molecule has 4 heteroatoms. The van der Waals surface area contributed by atoms with E-state index in [1.165, 1.54) is 0 Å². The highest BCUT2D eigenvalue weighted by Gasteiger charge is 2.22. The first kappa shape index (κ1) is 5.88. The van der Waals surface area contributed by atoms with Crippen LogP contribution in [-0.4, -0.2) is 23.0 Å². The van der Waals surface area contributed by atoms with Gasteiger partial charge in [-0.2, -0.15) is 11.8 Å². The molecule has 0 radical (unpaired) electrons. The van der Waals surface area contributed by atoms with Crippen LogP contribution in [0.15, 0.2) is 0 Å². The van der Waals surface area contributed by atoms with E-state index in [2.05, 4.69) is 0 Å². The molecular formula is C4H7NO2S. The second-order valence-electron chi connectivity index (χ2n) is 1.92. The Balaban J connectivity index is 2.09. The van der Waals surface area contributed by atoms with Crippen LogP contribution >= 0.6 is 11.8 Å². The average Bonchev–Trinajstić information content (AvgIpc) is 1.55. The Kier molecular flexibility index (Phi) is 1.73. The minimum atomic E-state index is -0.232. The molecule has 3 nitrogen and oxygen atoms in total. The molecule has 0 aromatic carbocycles. The first-order valence-electron chi connectivity index (χ1n) is 2.48. The summed E-state index contributed by atoms with van der Waals surface area (Å²) >= 11 is 1.78. The van der Waals surface area contributed by atoms with E-state index in [0.29, 0.717) is 5.92 Å². The molecule has 1 aliphatic rings. The van der Waals surface area contributed by atoms with Gasteiger partial charge in [0.2, 0.25) is 6.54 Å². The van der Waals surface area contributed by atoms with Crippen molar-refractivity contribution in [1.82, 2.24) is 0 Å². The monoisotopic (exact) mass is 133 g/mol. The molecule has 0 N–H and O–H groups in total. The highest BCUT2D eigenvalue weighted by molar-refractivity contribution is 8.00. The quantitative estimate of drug-likeness (QED) is 0.410. The Morgan fingerprint density at radius 2 is 2.38 bits per heavy atom. The molecule has 0 bridgehead atoms. The maximum atomic E-state index is 9.80. The zero-order valence-electron chi connectivity index (χ0n) is 4.37. The third kappa shape index (κ3) is 1.36. The lowest BCUT2D eigenvalue weighted by Gasteiger charge is -2.19. The number of hydrogen-bond acceptors (Lipinski definition) is 3. The van der Waals surface area contributed by atoms with Crippen LogP contribution in [-0.2, 0) is 0 Å². The summed E-state index contributed by atoms with van der Waals surface area (Å²) in [6, 6.07) is 0. The molecule has 0 spiro atoms. The SMILES string of the molecule is O=[N+]([O-])CC1CSC1. The van der Waals surface area contributed by atoms with Crippen LogP contribution < -0.4 is 0 Å². The van der Waals surface area contributed by atoms with Gasteiger partial charge in [0.1, 0.15) is 0 Å². The number of nitro groups is 1. The van der Waals surface area contributed by atoms with Crippen molar-refractivity contribution >= 4 is 11.8 Å². The molecule has 1 saturated heterocycles. The largest absolute Gasteiger partial charge is 0.265 e. The summed E-state index contributed by atoms with van der Waals surface area (Å²) in [5, 5.41) is 9.80. The van der Waals surface area contributed by atoms with Gasteiger partial charge in [-0.15, -0.1) is 0 Å². The van der Waals surface area contributed by atoms with E-state index in [4.69, 9.17) is 0 Å². The lowest BCUT2D eigenvalue weighted by atomic mass is 10.2. The predicted octanol–water partition coefficient (Wildman–Crippen LogP) is 0.626. The van der Waals surface area contributed by atoms with Gasteiger partial charge in [-0.25, -0.2) is 0 Å². The fourth-order valence-electron chi connectivity index (χ4n) is 0.601. The fourth-order valence-corrected chi connectivity index (χ4v) is 1.38. The molecule has 8 heavy (non-hydrogen) atoms. The Bertz CT molecular complexity index is 102. The van der Waals surface area contributed by atoms with Crippen LogP contribution in [0.5, 0.6) is 0 Å². The Hall–Kier alpha value is -0.250. The molecule has 0 amide bonds. The number of hydrogen-bond donors (Lipinski definition) is 0. The van der Waals surface area contributed by atoms with Gasteiger partial charge in [0.25, 0.3) is 0 Å². The number of rotatable bonds is 2. The van der Waals surface area contributed by atoms with E-state index in [0.717, 1.165) is 11.5 Å². The van der Waals surface area contributed by atoms with Crippen molar-refractivity contribution in [2.45, 2.75) is 0 Å². The summed E-state index contributed by atoms with van der Waals surface area (Å²) in [6.45, 7) is 0.174. The topological polar surface area (TPSA) is 43.1 Å². The van der Waals surface area contributed by atoms with Crippen molar-refractivity contribution < 1.29 is 4.92 Å². The molecular weight excluding hydrogens is 126 g/mol. The maximum Gasteiger partial charge on any atom is 0.208 e. The van der Waals surface area contributed by atoms with Gasteiger partial charge in [-0.05, 0) is 0 Å². The number of thioether (sulfide) groups is 1. The van der Waals surface area contributed by atoms with Crippen LogP contribution in [0, 0.1) is 16.0 Å². The second-order valence-corrected chi connectivity index (χ2v) is 2.99. The van der Waals surface area contributed by atoms with Crippen LogP contribution in [0.25, 0.3) is 0 Å². The summed E-state index contributed by atoms with van der Waals surface area (Å²) in [5.74, 6) is 2.34. The highest BCUT2D eigenvalue weighted by atomic mass is 32.2. The molecule has 1 fully saturated rings. The third-order valence-electron chi connectivity index (χ3n) is 1.11. The maximum absolute atomic E-state index is 9.80. The van der Waals surface area contributed by atoms with E-state index in [1.54, 1.807) is 11.8 Å². The zero-order chi connectivity index (χ0) is 5.98. The van der Waals surface area contributed by atoms with Gasteiger partial charge in [0.15, 0.2) is 0 Å². The van der Waals surface area contributed by atoms with Crippen LogP contribution in [0.4, 0.5) is 0 Å². The van der Waals surface area contributed by atoms with Gasteiger partial charge >= 0.3 is 0 Å². The molecule has 1 rings (SSSR count). The van der Waals surface area contributed by atoms with Crippen molar-refractivity contribution in [1.29, 1.82) is 0 Å². The van der Waals surface area contributed by atoms with Crippen molar-refractivity contribution in [3.63, 3.8) is 0 Å². The van der Waals surface area contributed by atoms with Crippen molar-refractivity contribution in [2.24, 2.45) is 5.92 Å². The van der Waals surface area contributed by atoms with E-state index >= 15 is 0 Å². The normalized spacial score (nSPS) is 20.0. The van der Waals surface area contributed by atoms with Crippen LogP contribution in [0.3, 0.4) is 0 Å². The molecule has 1 heterocycles. The van der Waals surface area contributed by atoms with Crippen LogP contribution in [0.1, 0.15) is 0 Å². The van der Waals surface area contributed by atoms with Gasteiger partial charge in [-0.3, -0.25) is 10.1 Å². The molecule has 0 atom stereocenters. The standard InChI is InChI=1S/C4H7NO2S/c6-5(7)1-4-2-8-3-4/h4H,1-3H2. The summed E-state index contributed by atoms with van der Waals surface area (Å²) in [7, 11) is 0. The highest BCUT2D eigenvalue weighted by Crippen LogP contribution is 2.23. The molecule has 0 unspecified atom stereocenters. The Morgan fingerprint density at radius 1 is 1.75 bits per heavy atom. The van der Waals surface area contributed by atoms with Gasteiger partial charge < -0.3 is 0 Å². The first-order valence-corrected chi connectivity index (χ1v) is 3.64. The minimum absolute atomic E-state index is 0.174. The summed E-state index contributed by atoms with van der Waals surface area (Å²) < 4.78 is 0. The molecule has 0 saturated carbocycles. The summed E-state index contributed by atoms with van der Waals surface area (Å²) in [5.41, 5.74) is 0. The van der Waals surface area contributed by atoms with E-state index in [1.807, 2.05) is 0 Å².